The third kappa shape index (κ3) is 7.32. The first-order valence-corrected chi connectivity index (χ1v) is 16.3. The molecule has 0 aromatic heterocycles. The van der Waals surface area contributed by atoms with Gasteiger partial charge in [-0.05, 0) is 66.3 Å². The van der Waals surface area contributed by atoms with E-state index >= 15 is 0 Å². The Labute approximate surface area is 248 Å². The van der Waals surface area contributed by atoms with Crippen molar-refractivity contribution in [1.82, 2.24) is 9.73 Å². The summed E-state index contributed by atoms with van der Waals surface area (Å²) in [4.78, 5) is 4.73. The summed E-state index contributed by atoms with van der Waals surface area (Å²) in [5.41, 5.74) is 2.58. The number of hydrogen-bond donors (Lipinski definition) is 2. The average Bonchev–Trinajstić information content (AvgIpc) is 3.35. The molecule has 5 rings (SSSR count). The highest BCUT2D eigenvalue weighted by Gasteiger charge is 2.35. The second-order valence-electron chi connectivity index (χ2n) is 9.70. The zero-order chi connectivity index (χ0) is 29.2. The molecule has 3 aromatic carbocycles. The molecule has 2 aliphatic rings. The van der Waals surface area contributed by atoms with E-state index < -0.39 is 20.2 Å². The topological polar surface area (TPSA) is 147 Å². The smallest absolute Gasteiger partial charge is 0.248 e. The lowest BCUT2D eigenvalue weighted by Gasteiger charge is -2.31. The Bertz CT molecular complexity index is 1710. The van der Waals surface area contributed by atoms with Crippen LogP contribution in [0.1, 0.15) is 29.9 Å². The van der Waals surface area contributed by atoms with Crippen molar-refractivity contribution in [3.63, 3.8) is 0 Å². The molecule has 1 heterocycles. The number of guanidine groups is 1. The van der Waals surface area contributed by atoms with Crippen LogP contribution in [0, 0.1) is 5.92 Å². The monoisotopic (exact) mass is 632 g/mol. The Kier molecular flexibility index (Phi) is 8.48. The number of sulfonamides is 1. The molecular weight excluding hydrogens is 607 g/mol. The quantitative estimate of drug-likeness (QED) is 0.296. The van der Waals surface area contributed by atoms with Crippen LogP contribution in [-0.4, -0.2) is 52.3 Å². The molecule has 14 heteroatoms. The highest BCUT2D eigenvalue weighted by molar-refractivity contribution is 7.90. The molecule has 0 saturated heterocycles. The van der Waals surface area contributed by atoms with E-state index in [9.17, 15) is 16.8 Å². The molecule has 3 N–H and O–H groups in total. The fraction of sp³-hybridized carbons (Fsp3) is 0.222. The predicted octanol–water partition coefficient (Wildman–Crippen LogP) is 4.18. The normalized spacial score (nSPS) is 21.5. The van der Waals surface area contributed by atoms with Crippen LogP contribution in [0.15, 0.2) is 98.2 Å². The lowest BCUT2D eigenvalue weighted by atomic mass is 9.82. The Morgan fingerprint density at radius 1 is 0.927 bits per heavy atom. The zero-order valence-electron chi connectivity index (χ0n) is 21.5. The van der Waals surface area contributed by atoms with Crippen LogP contribution in [0.2, 0.25) is 10.0 Å². The standard InChI is InChI=1S/C27H26Cl2N6O4S2/c28-21-8-6-20(7-9-21)26-25(19-4-2-1-3-5-19)17-35(33-26)27(32-23-14-18(15-23)16-31-41(30,38)39)34-40(36,37)24-12-10-22(29)11-13-24/h1-13,16,18,23,25H,14-15,17H2,(H,32,34)(H2,30,38,39)/t18?,23?,25-/m1/s1. The van der Waals surface area contributed by atoms with Gasteiger partial charge in [0.15, 0.2) is 0 Å². The minimum Gasteiger partial charge on any atom is -0.248 e. The number of nitrogens with two attached hydrogens (primary N) is 1. The SMILES string of the molecule is NS(=O)(=O)N=CC1CC(N=C(NS(=O)(=O)c2ccc(Cl)cc2)N2C[C@H](c3ccccc3)C(c3ccc(Cl)cc3)=N2)C1. The molecule has 0 bridgehead atoms. The number of nitrogens with zero attached hydrogens (tertiary/aromatic N) is 4. The number of rotatable bonds is 7. The molecule has 1 atom stereocenters. The molecule has 1 aliphatic carbocycles. The van der Waals surface area contributed by atoms with E-state index in [0.717, 1.165) is 16.8 Å². The summed E-state index contributed by atoms with van der Waals surface area (Å²) in [6.07, 6.45) is 2.22. The highest BCUT2D eigenvalue weighted by Crippen LogP contribution is 2.32. The fourth-order valence-electron chi connectivity index (χ4n) is 4.60. The fourth-order valence-corrected chi connectivity index (χ4v) is 6.21. The van der Waals surface area contributed by atoms with Gasteiger partial charge in [-0.1, -0.05) is 65.7 Å². The summed E-state index contributed by atoms with van der Waals surface area (Å²) in [6, 6.07) is 22.6. The van der Waals surface area contributed by atoms with Crippen LogP contribution in [-0.2, 0) is 20.2 Å². The van der Waals surface area contributed by atoms with Crippen LogP contribution in [0.25, 0.3) is 0 Å². The first-order valence-electron chi connectivity index (χ1n) is 12.6. The van der Waals surface area contributed by atoms with Gasteiger partial charge >= 0.3 is 10.2 Å². The maximum absolute atomic E-state index is 13.4. The number of aliphatic imine (C=N–C) groups is 1. The van der Waals surface area contributed by atoms with Crippen molar-refractivity contribution in [1.29, 1.82) is 0 Å². The van der Waals surface area contributed by atoms with Crippen LogP contribution < -0.4 is 9.86 Å². The largest absolute Gasteiger partial charge is 0.316 e. The van der Waals surface area contributed by atoms with E-state index in [0.29, 0.717) is 29.4 Å². The molecular formula is C27H26Cl2N6O4S2. The third-order valence-corrected chi connectivity index (χ3v) is 8.99. The van der Waals surface area contributed by atoms with Gasteiger partial charge in [-0.15, -0.1) is 0 Å². The Hall–Kier alpha value is -3.29. The van der Waals surface area contributed by atoms with Crippen LogP contribution in [0.3, 0.4) is 0 Å². The summed E-state index contributed by atoms with van der Waals surface area (Å²) in [7, 11) is -8.02. The van der Waals surface area contributed by atoms with Crippen LogP contribution >= 0.6 is 23.2 Å². The van der Waals surface area contributed by atoms with Crippen molar-refractivity contribution in [3.05, 3.63) is 100 Å². The van der Waals surface area contributed by atoms with Gasteiger partial charge in [0.25, 0.3) is 10.0 Å². The molecule has 0 radical (unpaired) electrons. The Morgan fingerprint density at radius 3 is 2.15 bits per heavy atom. The molecule has 1 aliphatic heterocycles. The molecule has 0 spiro atoms. The first kappa shape index (κ1) is 29.2. The van der Waals surface area contributed by atoms with E-state index in [1.54, 1.807) is 17.1 Å². The van der Waals surface area contributed by atoms with Gasteiger partial charge in [0.1, 0.15) is 0 Å². The number of halogens is 2. The average molecular weight is 634 g/mol. The Morgan fingerprint density at radius 2 is 1.54 bits per heavy atom. The molecule has 0 amide bonds. The lowest BCUT2D eigenvalue weighted by molar-refractivity contribution is 0.344. The van der Waals surface area contributed by atoms with Crippen molar-refractivity contribution >= 4 is 61.3 Å². The summed E-state index contributed by atoms with van der Waals surface area (Å²) in [5, 5.41) is 12.3. The van der Waals surface area contributed by atoms with Crippen molar-refractivity contribution < 1.29 is 16.8 Å². The van der Waals surface area contributed by atoms with Gasteiger partial charge in [-0.25, -0.2) is 28.3 Å². The van der Waals surface area contributed by atoms with E-state index in [1.807, 2.05) is 42.5 Å². The Balaban J connectivity index is 1.49. The van der Waals surface area contributed by atoms with Crippen molar-refractivity contribution in [2.45, 2.75) is 29.7 Å². The molecule has 41 heavy (non-hydrogen) atoms. The van der Waals surface area contributed by atoms with Gasteiger partial charge in [0.2, 0.25) is 5.96 Å². The minimum atomic E-state index is -4.05. The van der Waals surface area contributed by atoms with Crippen LogP contribution in [0.5, 0.6) is 0 Å². The number of benzene rings is 3. The summed E-state index contributed by atoms with van der Waals surface area (Å²) in [5.74, 6) is -0.282. The second kappa shape index (κ2) is 11.9. The molecule has 214 valence electrons. The third-order valence-electron chi connectivity index (χ3n) is 6.72. The highest BCUT2D eigenvalue weighted by atomic mass is 35.5. The molecule has 1 fully saturated rings. The maximum atomic E-state index is 13.4. The molecule has 10 nitrogen and oxygen atoms in total. The molecule has 3 aromatic rings. The lowest BCUT2D eigenvalue weighted by Crippen LogP contribution is -2.43. The van der Waals surface area contributed by atoms with E-state index in [1.165, 1.54) is 30.5 Å². The number of nitrogens with one attached hydrogen (secondary N) is 1. The summed E-state index contributed by atoms with van der Waals surface area (Å²) < 4.78 is 55.1. The van der Waals surface area contributed by atoms with E-state index in [2.05, 4.69) is 9.12 Å². The maximum Gasteiger partial charge on any atom is 0.316 e. The van der Waals surface area contributed by atoms with Crippen molar-refractivity contribution in [3.8, 4) is 0 Å². The molecule has 1 saturated carbocycles. The predicted molar refractivity (Wildman–Crippen MR) is 161 cm³/mol. The molecule has 0 unspecified atom stereocenters. The zero-order valence-corrected chi connectivity index (χ0v) is 24.7. The second-order valence-corrected chi connectivity index (χ2v) is 13.5. The van der Waals surface area contributed by atoms with Gasteiger partial charge in [0.05, 0.1) is 23.2 Å². The van der Waals surface area contributed by atoms with Crippen molar-refractivity contribution in [2.75, 3.05) is 6.54 Å². The van der Waals surface area contributed by atoms with Gasteiger partial charge in [-0.2, -0.15) is 17.9 Å². The summed E-state index contributed by atoms with van der Waals surface area (Å²) >= 11 is 12.1. The first-order chi connectivity index (χ1) is 19.5. The van der Waals surface area contributed by atoms with Gasteiger partial charge in [0, 0.05) is 22.2 Å². The summed E-state index contributed by atoms with van der Waals surface area (Å²) in [6.45, 7) is 0.326. The van der Waals surface area contributed by atoms with E-state index in [-0.39, 0.29) is 28.7 Å². The van der Waals surface area contributed by atoms with Gasteiger partial charge < -0.3 is 0 Å². The minimum absolute atomic E-state index is 0.0158. The van der Waals surface area contributed by atoms with E-state index in [4.69, 9.17) is 38.4 Å². The number of hydrogen-bond acceptors (Lipinski definition) is 6. The van der Waals surface area contributed by atoms with Crippen LogP contribution in [0.4, 0.5) is 0 Å². The van der Waals surface area contributed by atoms with Crippen molar-refractivity contribution in [2.24, 2.45) is 25.5 Å². The van der Waals surface area contributed by atoms with Gasteiger partial charge in [-0.3, -0.25) is 0 Å². The number of hydrazone groups is 1.